The molecule has 5 rings (SSSR count). The van der Waals surface area contributed by atoms with Gasteiger partial charge in [0.2, 0.25) is 0 Å². The number of halogens is 1. The molecule has 3 aromatic carbocycles. The van der Waals surface area contributed by atoms with Crippen LogP contribution in [0.3, 0.4) is 0 Å². The minimum absolute atomic E-state index is 0.0483. The van der Waals surface area contributed by atoms with E-state index in [1.165, 1.54) is 16.7 Å². The Kier molecular flexibility index (Phi) is 8.12. The van der Waals surface area contributed by atoms with Crippen molar-refractivity contribution >= 4 is 52.1 Å². The second-order valence-corrected chi connectivity index (χ2v) is 10.2. The van der Waals surface area contributed by atoms with Crippen molar-refractivity contribution in [3.63, 3.8) is 0 Å². The van der Waals surface area contributed by atoms with E-state index in [0.717, 1.165) is 11.1 Å². The van der Waals surface area contributed by atoms with E-state index in [4.69, 9.17) is 21.1 Å². The maximum atomic E-state index is 13.1. The molecule has 2 heterocycles. The molecule has 0 aromatic heterocycles. The van der Waals surface area contributed by atoms with Crippen LogP contribution < -0.4 is 4.74 Å². The van der Waals surface area contributed by atoms with Crippen molar-refractivity contribution in [1.82, 2.24) is 9.80 Å². The van der Waals surface area contributed by atoms with Crippen molar-refractivity contribution in [1.29, 1.82) is 0 Å². The summed E-state index contributed by atoms with van der Waals surface area (Å²) in [5.74, 6) is 0.443. The molecule has 9 heteroatoms. The van der Waals surface area contributed by atoms with Gasteiger partial charge >= 0.3 is 0 Å². The number of para-hydroxylation sites is 1. The lowest BCUT2D eigenvalue weighted by Gasteiger charge is -2.26. The summed E-state index contributed by atoms with van der Waals surface area (Å²) in [4.78, 5) is 34.4. The standard InChI is InChI=1S/C29H26ClN3O4S/c1-32-28(35)26(18-20-7-3-5-12-25(20)37-19-22-8-2-4-11-24(22)30)38-29(32)31-23-10-6-9-21(17-23)27(34)33-13-15-36-16-14-33/h2-12,17-18H,13-16,19H2,1H3/b26-18+,31-29?. The van der Waals surface area contributed by atoms with Gasteiger partial charge in [0.1, 0.15) is 12.4 Å². The number of ether oxygens (including phenoxy) is 2. The van der Waals surface area contributed by atoms with Crippen LogP contribution >= 0.6 is 23.4 Å². The van der Waals surface area contributed by atoms with Gasteiger partial charge in [-0.05, 0) is 48.2 Å². The van der Waals surface area contributed by atoms with E-state index in [1.54, 1.807) is 30.1 Å². The highest BCUT2D eigenvalue weighted by Gasteiger charge is 2.31. The number of carbonyl (C=O) groups is 2. The molecule has 194 valence electrons. The molecule has 7 nitrogen and oxygen atoms in total. The third-order valence-corrected chi connectivity index (χ3v) is 7.60. The molecule has 2 aliphatic rings. The zero-order chi connectivity index (χ0) is 26.5. The number of aliphatic imine (C=N–C) groups is 1. The average Bonchev–Trinajstić information content (AvgIpc) is 3.21. The van der Waals surface area contributed by atoms with Crippen LogP contribution in [-0.2, 0) is 16.1 Å². The Morgan fingerprint density at radius 1 is 1.08 bits per heavy atom. The summed E-state index contributed by atoms with van der Waals surface area (Å²) in [5.41, 5.74) is 2.83. The van der Waals surface area contributed by atoms with E-state index in [9.17, 15) is 9.59 Å². The Balaban J connectivity index is 1.34. The topological polar surface area (TPSA) is 71.4 Å². The Morgan fingerprint density at radius 2 is 1.84 bits per heavy atom. The molecule has 0 spiro atoms. The third kappa shape index (κ3) is 5.93. The number of morpholine rings is 1. The molecule has 0 N–H and O–H groups in total. The summed E-state index contributed by atoms with van der Waals surface area (Å²) in [5, 5.41) is 1.18. The lowest BCUT2D eigenvalue weighted by atomic mass is 10.1. The van der Waals surface area contributed by atoms with Crippen LogP contribution in [0, 0.1) is 0 Å². The summed E-state index contributed by atoms with van der Waals surface area (Å²) in [6, 6.07) is 22.2. The van der Waals surface area contributed by atoms with Gasteiger partial charge in [-0.25, -0.2) is 4.99 Å². The normalized spacial score (nSPS) is 17.9. The molecule has 0 unspecified atom stereocenters. The summed E-state index contributed by atoms with van der Waals surface area (Å²) >= 11 is 7.55. The van der Waals surface area contributed by atoms with Crippen LogP contribution in [0.1, 0.15) is 21.5 Å². The molecule has 2 aliphatic heterocycles. The predicted molar refractivity (Wildman–Crippen MR) is 151 cm³/mol. The number of hydrogen-bond donors (Lipinski definition) is 0. The van der Waals surface area contributed by atoms with Crippen molar-refractivity contribution in [2.24, 2.45) is 4.99 Å². The van der Waals surface area contributed by atoms with E-state index < -0.39 is 0 Å². The number of hydrogen-bond acceptors (Lipinski definition) is 6. The second kappa shape index (κ2) is 11.9. The molecular formula is C29H26ClN3O4S. The van der Waals surface area contributed by atoms with Crippen LogP contribution in [0.25, 0.3) is 6.08 Å². The molecule has 0 bridgehead atoms. The second-order valence-electron chi connectivity index (χ2n) is 8.74. The zero-order valence-electron chi connectivity index (χ0n) is 20.8. The predicted octanol–water partition coefficient (Wildman–Crippen LogP) is 5.63. The van der Waals surface area contributed by atoms with Crippen LogP contribution in [0.15, 0.2) is 82.7 Å². The van der Waals surface area contributed by atoms with Gasteiger partial charge in [-0.3, -0.25) is 14.5 Å². The summed E-state index contributed by atoms with van der Waals surface area (Å²) in [6.07, 6.45) is 1.81. The highest BCUT2D eigenvalue weighted by atomic mass is 35.5. The lowest BCUT2D eigenvalue weighted by molar-refractivity contribution is -0.121. The lowest BCUT2D eigenvalue weighted by Crippen LogP contribution is -2.40. The van der Waals surface area contributed by atoms with Crippen LogP contribution in [0.2, 0.25) is 5.02 Å². The first-order valence-electron chi connectivity index (χ1n) is 12.2. The number of nitrogens with zero attached hydrogens (tertiary/aromatic N) is 3. The molecule has 38 heavy (non-hydrogen) atoms. The van der Waals surface area contributed by atoms with E-state index in [2.05, 4.69) is 4.99 Å². The van der Waals surface area contributed by atoms with Gasteiger partial charge < -0.3 is 14.4 Å². The van der Waals surface area contributed by atoms with Gasteiger partial charge in [0.25, 0.3) is 11.8 Å². The maximum absolute atomic E-state index is 13.1. The fourth-order valence-corrected chi connectivity index (χ4v) is 5.23. The number of carbonyl (C=O) groups excluding carboxylic acids is 2. The Labute approximate surface area is 230 Å². The molecule has 0 atom stereocenters. The van der Waals surface area contributed by atoms with Gasteiger partial charge in [0.05, 0.1) is 23.8 Å². The molecule has 2 saturated heterocycles. The van der Waals surface area contributed by atoms with E-state index >= 15 is 0 Å². The average molecular weight is 548 g/mol. The van der Waals surface area contributed by atoms with Crippen molar-refractivity contribution in [3.05, 3.63) is 99.4 Å². The molecule has 0 saturated carbocycles. The van der Waals surface area contributed by atoms with Crippen molar-refractivity contribution in [3.8, 4) is 5.75 Å². The van der Waals surface area contributed by atoms with E-state index in [1.807, 2.05) is 60.7 Å². The van der Waals surface area contributed by atoms with Gasteiger partial charge in [-0.15, -0.1) is 0 Å². The smallest absolute Gasteiger partial charge is 0.266 e. The fourth-order valence-electron chi connectivity index (χ4n) is 4.06. The minimum atomic E-state index is -0.157. The van der Waals surface area contributed by atoms with E-state index in [-0.39, 0.29) is 11.8 Å². The number of benzene rings is 3. The highest BCUT2D eigenvalue weighted by molar-refractivity contribution is 8.18. The molecule has 3 aromatic rings. The molecule has 2 fully saturated rings. The fraction of sp³-hybridized carbons (Fsp3) is 0.207. The third-order valence-electron chi connectivity index (χ3n) is 6.17. The first-order valence-corrected chi connectivity index (χ1v) is 13.4. The largest absolute Gasteiger partial charge is 0.488 e. The maximum Gasteiger partial charge on any atom is 0.266 e. The van der Waals surface area contributed by atoms with Crippen molar-refractivity contribution in [2.75, 3.05) is 33.4 Å². The highest BCUT2D eigenvalue weighted by Crippen LogP contribution is 2.35. The Morgan fingerprint density at radius 3 is 2.66 bits per heavy atom. The Bertz CT molecular complexity index is 1420. The monoisotopic (exact) mass is 547 g/mol. The Hall–Kier alpha value is -3.59. The quantitative estimate of drug-likeness (QED) is 0.374. The molecule has 0 radical (unpaired) electrons. The van der Waals surface area contributed by atoms with Gasteiger partial charge in [-0.2, -0.15) is 0 Å². The minimum Gasteiger partial charge on any atom is -0.488 e. The molecule has 0 aliphatic carbocycles. The first-order chi connectivity index (χ1) is 18.5. The number of rotatable bonds is 6. The SMILES string of the molecule is CN1C(=O)/C(=C\c2ccccc2OCc2ccccc2Cl)SC1=Nc1cccc(C(=O)N2CCOCC2)c1. The van der Waals surface area contributed by atoms with Crippen LogP contribution in [0.4, 0.5) is 5.69 Å². The summed E-state index contributed by atoms with van der Waals surface area (Å²) in [6.45, 7) is 2.54. The molecule has 2 amide bonds. The number of thioether (sulfide) groups is 1. The van der Waals surface area contributed by atoms with Crippen molar-refractivity contribution in [2.45, 2.75) is 6.61 Å². The number of amidine groups is 1. The molecular weight excluding hydrogens is 522 g/mol. The van der Waals surface area contributed by atoms with Gasteiger partial charge in [0, 0.05) is 41.9 Å². The van der Waals surface area contributed by atoms with Crippen LogP contribution in [-0.4, -0.2) is 60.1 Å². The zero-order valence-corrected chi connectivity index (χ0v) is 22.4. The first kappa shape index (κ1) is 26.0. The number of likely N-dealkylation sites (N-methyl/N-ethyl adjacent to an activating group) is 1. The summed E-state index contributed by atoms with van der Waals surface area (Å²) < 4.78 is 11.4. The van der Waals surface area contributed by atoms with Gasteiger partial charge in [0.15, 0.2) is 5.17 Å². The van der Waals surface area contributed by atoms with Crippen LogP contribution in [0.5, 0.6) is 5.75 Å². The number of amides is 2. The summed E-state index contributed by atoms with van der Waals surface area (Å²) in [7, 11) is 1.69. The van der Waals surface area contributed by atoms with Crippen molar-refractivity contribution < 1.29 is 19.1 Å². The van der Waals surface area contributed by atoms with E-state index in [0.29, 0.717) is 65.0 Å². The van der Waals surface area contributed by atoms with Gasteiger partial charge in [-0.1, -0.05) is 54.1 Å².